The van der Waals surface area contributed by atoms with E-state index in [1.807, 2.05) is 0 Å². The van der Waals surface area contributed by atoms with Gasteiger partial charge in [-0.25, -0.2) is 0 Å². The van der Waals surface area contributed by atoms with Gasteiger partial charge in [-0.2, -0.15) is 14.9 Å². The Labute approximate surface area is 157 Å². The average Bonchev–Trinajstić information content (AvgIpc) is 3.09. The van der Waals surface area contributed by atoms with E-state index in [2.05, 4.69) is 15.5 Å². The van der Waals surface area contributed by atoms with Crippen molar-refractivity contribution in [1.29, 1.82) is 0 Å². The number of nitro groups is 1. The summed E-state index contributed by atoms with van der Waals surface area (Å²) in [5.41, 5.74) is 0.539. The number of non-ortho nitro benzene ring substituents is 1. The monoisotopic (exact) mass is 390 g/mol. The number of halogens is 1. The Balaban J connectivity index is 1.78. The van der Waals surface area contributed by atoms with Gasteiger partial charge in [-0.05, 0) is 12.1 Å². The third kappa shape index (κ3) is 3.96. The van der Waals surface area contributed by atoms with Crippen LogP contribution in [0.4, 0.5) is 11.4 Å². The Kier molecular flexibility index (Phi) is 5.19. The molecule has 2 N–H and O–H groups in total. The number of rotatable bonds is 6. The molecule has 0 aliphatic rings. The first kappa shape index (κ1) is 18.5. The van der Waals surface area contributed by atoms with E-state index in [0.29, 0.717) is 11.3 Å². The van der Waals surface area contributed by atoms with Crippen LogP contribution in [0.1, 0.15) is 11.7 Å². The molecule has 1 unspecified atom stereocenters. The summed E-state index contributed by atoms with van der Waals surface area (Å²) in [4.78, 5) is 22.6. The number of nitrogens with zero attached hydrogens (tertiary/aromatic N) is 5. The van der Waals surface area contributed by atoms with E-state index in [4.69, 9.17) is 11.6 Å². The molecule has 0 aliphatic carbocycles. The minimum Gasteiger partial charge on any atom is -0.386 e. The van der Waals surface area contributed by atoms with Crippen molar-refractivity contribution in [2.75, 3.05) is 11.9 Å². The van der Waals surface area contributed by atoms with Gasteiger partial charge in [0, 0.05) is 37.5 Å². The van der Waals surface area contributed by atoms with E-state index in [-0.39, 0.29) is 22.9 Å². The summed E-state index contributed by atoms with van der Waals surface area (Å²) < 4.78 is 2.60. The van der Waals surface area contributed by atoms with Crippen molar-refractivity contribution in [3.8, 4) is 5.69 Å². The molecule has 1 atom stereocenters. The quantitative estimate of drug-likeness (QED) is 0.484. The first-order valence-electron chi connectivity index (χ1n) is 7.80. The highest BCUT2D eigenvalue weighted by molar-refractivity contribution is 6.32. The second kappa shape index (κ2) is 7.56. The van der Waals surface area contributed by atoms with Crippen LogP contribution in [-0.2, 0) is 7.05 Å². The molecule has 0 amide bonds. The summed E-state index contributed by atoms with van der Waals surface area (Å²) >= 11 is 6.12. The molecular weight excluding hydrogens is 376 g/mol. The lowest BCUT2D eigenvalue weighted by Crippen LogP contribution is -2.23. The maximum absolute atomic E-state index is 12.4. The topological polar surface area (TPSA) is 128 Å². The number of aliphatic hydroxyl groups is 1. The first-order valence-corrected chi connectivity index (χ1v) is 8.17. The number of nitrogens with one attached hydrogen (secondary N) is 1. The number of hydrogen-bond acceptors (Lipinski definition) is 7. The van der Waals surface area contributed by atoms with Crippen LogP contribution in [0.15, 0.2) is 47.7 Å². The number of aliphatic hydroxyl groups excluding tert-OH is 1. The summed E-state index contributed by atoms with van der Waals surface area (Å²) in [5, 5.41) is 31.6. The molecule has 3 rings (SSSR count). The Bertz CT molecular complexity index is 1030. The number of aromatic nitrogens is 4. The SMILES string of the molecule is Cn1cc(C(O)CNc2cnn(-c3ccc([N+](=O)[O-])cc3)c(=O)c2Cl)cn1. The van der Waals surface area contributed by atoms with E-state index >= 15 is 0 Å². The van der Waals surface area contributed by atoms with Crippen molar-refractivity contribution in [3.05, 3.63) is 73.9 Å². The maximum Gasteiger partial charge on any atom is 0.292 e. The van der Waals surface area contributed by atoms with Crippen LogP contribution >= 0.6 is 11.6 Å². The fourth-order valence-corrected chi connectivity index (χ4v) is 2.59. The van der Waals surface area contributed by atoms with Gasteiger partial charge >= 0.3 is 0 Å². The molecule has 0 saturated carbocycles. The minimum absolute atomic E-state index is 0.0967. The summed E-state index contributed by atoms with van der Waals surface area (Å²) in [7, 11) is 1.74. The lowest BCUT2D eigenvalue weighted by atomic mass is 10.2. The van der Waals surface area contributed by atoms with Crippen molar-refractivity contribution < 1.29 is 10.0 Å². The summed E-state index contributed by atoms with van der Waals surface area (Å²) in [6.07, 6.45) is 3.73. The van der Waals surface area contributed by atoms with E-state index in [0.717, 1.165) is 4.68 Å². The van der Waals surface area contributed by atoms with Gasteiger partial charge in [-0.3, -0.25) is 19.6 Å². The third-order valence-corrected chi connectivity index (χ3v) is 4.18. The van der Waals surface area contributed by atoms with E-state index < -0.39 is 16.6 Å². The smallest absolute Gasteiger partial charge is 0.292 e. The molecule has 0 spiro atoms. The van der Waals surface area contributed by atoms with Crippen LogP contribution in [0.5, 0.6) is 0 Å². The largest absolute Gasteiger partial charge is 0.386 e. The molecule has 0 saturated heterocycles. The molecule has 0 radical (unpaired) electrons. The van der Waals surface area contributed by atoms with Crippen LogP contribution in [-0.4, -0.2) is 36.1 Å². The molecule has 0 fully saturated rings. The molecular formula is C16H15ClN6O4. The van der Waals surface area contributed by atoms with Crippen molar-refractivity contribution >= 4 is 23.0 Å². The number of hydrogen-bond donors (Lipinski definition) is 2. The van der Waals surface area contributed by atoms with Crippen molar-refractivity contribution in [3.63, 3.8) is 0 Å². The van der Waals surface area contributed by atoms with Crippen LogP contribution in [0.2, 0.25) is 5.02 Å². The second-order valence-electron chi connectivity index (χ2n) is 5.71. The lowest BCUT2D eigenvalue weighted by Gasteiger charge is -2.13. The number of benzene rings is 1. The van der Waals surface area contributed by atoms with Gasteiger partial charge in [0.25, 0.3) is 11.2 Å². The normalized spacial score (nSPS) is 12.0. The molecule has 1 aromatic carbocycles. The number of anilines is 1. The molecule has 2 aromatic heterocycles. The summed E-state index contributed by atoms with van der Waals surface area (Å²) in [6, 6.07) is 5.35. The highest BCUT2D eigenvalue weighted by Gasteiger charge is 2.14. The zero-order chi connectivity index (χ0) is 19.6. The molecule has 27 heavy (non-hydrogen) atoms. The Morgan fingerprint density at radius 3 is 2.59 bits per heavy atom. The zero-order valence-corrected chi connectivity index (χ0v) is 14.9. The number of nitro benzene ring substituents is 1. The molecule has 2 heterocycles. The molecule has 0 aliphatic heterocycles. The minimum atomic E-state index is -0.841. The van der Waals surface area contributed by atoms with Crippen LogP contribution in [0, 0.1) is 10.1 Å². The fourth-order valence-electron chi connectivity index (χ4n) is 2.39. The lowest BCUT2D eigenvalue weighted by molar-refractivity contribution is -0.384. The van der Waals surface area contributed by atoms with Crippen molar-refractivity contribution in [1.82, 2.24) is 19.6 Å². The molecule has 3 aromatic rings. The number of aryl methyl sites for hydroxylation is 1. The molecule has 11 heteroatoms. The predicted octanol–water partition coefficient (Wildman–Crippen LogP) is 1.67. The summed E-state index contributed by atoms with van der Waals surface area (Å²) in [6.45, 7) is 0.105. The van der Waals surface area contributed by atoms with Gasteiger partial charge in [0.1, 0.15) is 5.02 Å². The molecule has 10 nitrogen and oxygen atoms in total. The van der Waals surface area contributed by atoms with Gasteiger partial charge < -0.3 is 10.4 Å². The Morgan fingerprint density at radius 2 is 2.00 bits per heavy atom. The van der Waals surface area contributed by atoms with Gasteiger partial charge in [0.15, 0.2) is 0 Å². The van der Waals surface area contributed by atoms with Gasteiger partial charge in [-0.1, -0.05) is 11.6 Å². The highest BCUT2D eigenvalue weighted by Crippen LogP contribution is 2.20. The van der Waals surface area contributed by atoms with E-state index in [9.17, 15) is 20.0 Å². The second-order valence-corrected chi connectivity index (χ2v) is 6.08. The van der Waals surface area contributed by atoms with Crippen LogP contribution in [0.25, 0.3) is 5.69 Å². The van der Waals surface area contributed by atoms with Gasteiger partial charge in [0.05, 0.1) is 34.8 Å². The van der Waals surface area contributed by atoms with Gasteiger partial charge in [-0.15, -0.1) is 0 Å². The van der Waals surface area contributed by atoms with Crippen LogP contribution < -0.4 is 10.9 Å². The Hall–Kier alpha value is -3.24. The van der Waals surface area contributed by atoms with Crippen molar-refractivity contribution in [2.45, 2.75) is 6.10 Å². The van der Waals surface area contributed by atoms with E-state index in [1.165, 1.54) is 30.5 Å². The maximum atomic E-state index is 12.4. The summed E-state index contributed by atoms with van der Waals surface area (Å²) in [5.74, 6) is 0. The first-order chi connectivity index (χ1) is 12.9. The molecule has 0 bridgehead atoms. The predicted molar refractivity (Wildman–Crippen MR) is 98.2 cm³/mol. The van der Waals surface area contributed by atoms with Crippen LogP contribution in [0.3, 0.4) is 0 Å². The average molecular weight is 391 g/mol. The standard InChI is InChI=1S/C16H15ClN6O4/c1-21-9-10(6-19-21)14(24)8-18-13-7-20-22(16(25)15(13)17)11-2-4-12(5-3-11)23(26)27/h2-7,9,14,18,24H,8H2,1H3. The van der Waals surface area contributed by atoms with E-state index in [1.54, 1.807) is 24.1 Å². The van der Waals surface area contributed by atoms with Gasteiger partial charge in [0.2, 0.25) is 0 Å². The Morgan fingerprint density at radius 1 is 1.30 bits per heavy atom. The van der Waals surface area contributed by atoms with Crippen molar-refractivity contribution in [2.24, 2.45) is 7.05 Å². The third-order valence-electron chi connectivity index (χ3n) is 3.82. The highest BCUT2D eigenvalue weighted by atomic mass is 35.5. The molecule has 140 valence electrons. The zero-order valence-electron chi connectivity index (χ0n) is 14.1. The fraction of sp³-hybridized carbons (Fsp3) is 0.188.